The van der Waals surface area contributed by atoms with Gasteiger partial charge in [-0.05, 0) is 19.4 Å². The number of unbranched alkanes of at least 4 members (excludes halogenated alkanes) is 1. The molecule has 5 nitrogen and oxygen atoms in total. The molecule has 0 saturated carbocycles. The van der Waals surface area contributed by atoms with Crippen molar-refractivity contribution >= 4 is 29.9 Å². The van der Waals surface area contributed by atoms with Gasteiger partial charge in [0.25, 0.3) is 0 Å². The number of halogens is 1. The van der Waals surface area contributed by atoms with Gasteiger partial charge < -0.3 is 20.1 Å². The van der Waals surface area contributed by atoms with Crippen LogP contribution in [0.15, 0.2) is 23.2 Å². The van der Waals surface area contributed by atoms with E-state index < -0.39 is 0 Å². The van der Waals surface area contributed by atoms with E-state index in [-0.39, 0.29) is 24.0 Å². The number of hydrogen-bond acceptors (Lipinski definition) is 3. The Balaban J connectivity index is 0.00000441. The number of nitrogens with zero attached hydrogens (tertiary/aromatic N) is 1. The monoisotopic (exact) mass is 421 g/mol. The average Bonchev–Trinajstić information content (AvgIpc) is 2.52. The number of aliphatic imine (C=N–C) groups is 1. The molecule has 2 N–H and O–H groups in total. The lowest BCUT2D eigenvalue weighted by molar-refractivity contribution is 0.352. The van der Waals surface area contributed by atoms with Crippen LogP contribution in [-0.4, -0.2) is 33.3 Å². The molecule has 0 unspecified atom stereocenters. The predicted molar refractivity (Wildman–Crippen MR) is 103 cm³/mol. The minimum Gasteiger partial charge on any atom is -0.493 e. The van der Waals surface area contributed by atoms with E-state index in [1.54, 1.807) is 14.2 Å². The van der Waals surface area contributed by atoms with Crippen molar-refractivity contribution in [3.05, 3.63) is 23.8 Å². The van der Waals surface area contributed by atoms with Gasteiger partial charge in [-0.25, -0.2) is 4.99 Å². The number of rotatable bonds is 8. The highest BCUT2D eigenvalue weighted by Gasteiger charge is 2.09. The number of hydrogen-bond donors (Lipinski definition) is 2. The molecule has 0 aliphatic carbocycles. The van der Waals surface area contributed by atoms with Crippen molar-refractivity contribution in [3.8, 4) is 11.5 Å². The second-order valence-corrected chi connectivity index (χ2v) is 4.63. The highest BCUT2D eigenvalue weighted by molar-refractivity contribution is 14.0. The van der Waals surface area contributed by atoms with Gasteiger partial charge in [-0.2, -0.15) is 0 Å². The van der Waals surface area contributed by atoms with Crippen LogP contribution in [0.5, 0.6) is 11.5 Å². The number of ether oxygens (including phenoxy) is 2. The smallest absolute Gasteiger partial charge is 0.191 e. The van der Waals surface area contributed by atoms with Crippen molar-refractivity contribution in [2.45, 2.75) is 33.2 Å². The van der Waals surface area contributed by atoms with Crippen molar-refractivity contribution in [1.29, 1.82) is 0 Å². The fraction of sp³-hybridized carbons (Fsp3) is 0.562. The highest BCUT2D eigenvalue weighted by atomic mass is 127. The molecular formula is C16H28IN3O2. The zero-order chi connectivity index (χ0) is 15.5. The largest absolute Gasteiger partial charge is 0.493 e. The summed E-state index contributed by atoms with van der Waals surface area (Å²) < 4.78 is 10.7. The average molecular weight is 421 g/mol. The van der Waals surface area contributed by atoms with Crippen LogP contribution in [-0.2, 0) is 6.54 Å². The summed E-state index contributed by atoms with van der Waals surface area (Å²) in [5, 5.41) is 6.57. The summed E-state index contributed by atoms with van der Waals surface area (Å²) in [4.78, 5) is 4.60. The number of guanidine groups is 1. The van der Waals surface area contributed by atoms with Crippen LogP contribution in [0.1, 0.15) is 32.3 Å². The van der Waals surface area contributed by atoms with Crippen molar-refractivity contribution in [2.75, 3.05) is 27.3 Å². The quantitative estimate of drug-likeness (QED) is 0.293. The van der Waals surface area contributed by atoms with Gasteiger partial charge in [0, 0.05) is 18.7 Å². The van der Waals surface area contributed by atoms with Gasteiger partial charge in [0.15, 0.2) is 17.5 Å². The first-order valence-corrected chi connectivity index (χ1v) is 7.48. The van der Waals surface area contributed by atoms with E-state index in [4.69, 9.17) is 9.47 Å². The molecule has 0 bridgehead atoms. The van der Waals surface area contributed by atoms with Crippen LogP contribution >= 0.6 is 24.0 Å². The van der Waals surface area contributed by atoms with E-state index in [0.717, 1.165) is 49.0 Å². The van der Waals surface area contributed by atoms with Crippen molar-refractivity contribution in [3.63, 3.8) is 0 Å². The Kier molecular flexibility index (Phi) is 11.7. The fourth-order valence-corrected chi connectivity index (χ4v) is 1.97. The third-order valence-electron chi connectivity index (χ3n) is 3.06. The number of benzene rings is 1. The summed E-state index contributed by atoms with van der Waals surface area (Å²) in [5.41, 5.74) is 1.00. The van der Waals surface area contributed by atoms with Gasteiger partial charge in [0.2, 0.25) is 0 Å². The van der Waals surface area contributed by atoms with E-state index in [1.165, 1.54) is 0 Å². The van der Waals surface area contributed by atoms with Crippen LogP contribution in [0.25, 0.3) is 0 Å². The maximum absolute atomic E-state index is 5.42. The van der Waals surface area contributed by atoms with Crippen LogP contribution in [0, 0.1) is 0 Å². The Morgan fingerprint density at radius 2 is 1.91 bits per heavy atom. The molecule has 0 heterocycles. The van der Waals surface area contributed by atoms with E-state index in [0.29, 0.717) is 6.54 Å². The molecule has 0 aromatic heterocycles. The topological polar surface area (TPSA) is 54.9 Å². The first-order chi connectivity index (χ1) is 10.3. The van der Waals surface area contributed by atoms with E-state index in [9.17, 15) is 0 Å². The molecular weight excluding hydrogens is 393 g/mol. The lowest BCUT2D eigenvalue weighted by Crippen LogP contribution is -2.37. The van der Waals surface area contributed by atoms with E-state index >= 15 is 0 Å². The molecule has 0 aliphatic heterocycles. The number of nitrogens with one attached hydrogen (secondary N) is 2. The predicted octanol–water partition coefficient (Wildman–Crippen LogP) is 3.18. The fourth-order valence-electron chi connectivity index (χ4n) is 1.97. The number of methoxy groups -OCH3 is 2. The standard InChI is InChI=1S/C16H27N3O2.HI/c1-5-7-11-18-16(17-6-2)19-12-13-9-8-10-14(20-3)15(13)21-4;/h8-10H,5-7,11-12H2,1-4H3,(H2,17,18,19);1H. The maximum Gasteiger partial charge on any atom is 0.191 e. The Labute approximate surface area is 150 Å². The summed E-state index contributed by atoms with van der Waals surface area (Å²) in [6.07, 6.45) is 2.29. The van der Waals surface area contributed by atoms with Crippen molar-refractivity contribution in [2.24, 2.45) is 4.99 Å². The van der Waals surface area contributed by atoms with Gasteiger partial charge in [-0.3, -0.25) is 0 Å². The number of para-hydroxylation sites is 1. The summed E-state index contributed by atoms with van der Waals surface area (Å²) in [6.45, 7) is 6.54. The molecule has 126 valence electrons. The molecule has 22 heavy (non-hydrogen) atoms. The van der Waals surface area contributed by atoms with Gasteiger partial charge in [-0.1, -0.05) is 25.5 Å². The van der Waals surface area contributed by atoms with Gasteiger partial charge in [0.1, 0.15) is 0 Å². The molecule has 0 spiro atoms. The molecule has 0 radical (unpaired) electrons. The minimum atomic E-state index is 0. The Bertz CT molecular complexity index is 453. The SMILES string of the molecule is CCCCNC(=NCc1cccc(OC)c1OC)NCC.I. The molecule has 0 aliphatic rings. The summed E-state index contributed by atoms with van der Waals surface area (Å²) in [6, 6.07) is 5.83. The first-order valence-electron chi connectivity index (χ1n) is 7.48. The molecule has 0 fully saturated rings. The second-order valence-electron chi connectivity index (χ2n) is 4.63. The minimum absolute atomic E-state index is 0. The molecule has 0 saturated heterocycles. The zero-order valence-electron chi connectivity index (χ0n) is 13.9. The van der Waals surface area contributed by atoms with E-state index in [1.807, 2.05) is 18.2 Å². The molecule has 0 atom stereocenters. The lowest BCUT2D eigenvalue weighted by atomic mass is 10.2. The lowest BCUT2D eigenvalue weighted by Gasteiger charge is -2.13. The summed E-state index contributed by atoms with van der Waals surface area (Å²) in [7, 11) is 3.29. The molecule has 6 heteroatoms. The maximum atomic E-state index is 5.42. The van der Waals surface area contributed by atoms with Gasteiger partial charge in [-0.15, -0.1) is 24.0 Å². The summed E-state index contributed by atoms with van der Waals surface area (Å²) in [5.74, 6) is 2.30. The highest BCUT2D eigenvalue weighted by Crippen LogP contribution is 2.30. The van der Waals surface area contributed by atoms with E-state index in [2.05, 4.69) is 29.5 Å². The van der Waals surface area contributed by atoms with Gasteiger partial charge in [0.05, 0.1) is 20.8 Å². The van der Waals surface area contributed by atoms with Crippen LogP contribution in [0.4, 0.5) is 0 Å². The molecule has 1 rings (SSSR count). The zero-order valence-corrected chi connectivity index (χ0v) is 16.3. The summed E-state index contributed by atoms with van der Waals surface area (Å²) >= 11 is 0. The van der Waals surface area contributed by atoms with Crippen LogP contribution < -0.4 is 20.1 Å². The molecule has 1 aromatic rings. The third-order valence-corrected chi connectivity index (χ3v) is 3.06. The van der Waals surface area contributed by atoms with Crippen molar-refractivity contribution in [1.82, 2.24) is 10.6 Å². The molecule has 1 aromatic carbocycles. The Morgan fingerprint density at radius 3 is 2.50 bits per heavy atom. The Hall–Kier alpha value is -1.18. The van der Waals surface area contributed by atoms with Crippen LogP contribution in [0.3, 0.4) is 0 Å². The normalized spacial score (nSPS) is 10.6. The van der Waals surface area contributed by atoms with Gasteiger partial charge >= 0.3 is 0 Å². The molecule has 0 amide bonds. The first kappa shape index (κ1) is 20.8. The van der Waals surface area contributed by atoms with Crippen LogP contribution in [0.2, 0.25) is 0 Å². The second kappa shape index (κ2) is 12.4. The Morgan fingerprint density at radius 1 is 1.14 bits per heavy atom. The third kappa shape index (κ3) is 6.72. The van der Waals surface area contributed by atoms with Crippen molar-refractivity contribution < 1.29 is 9.47 Å².